The third-order valence-electron chi connectivity index (χ3n) is 3.26. The highest BCUT2D eigenvalue weighted by Gasteiger charge is 2.32. The van der Waals surface area contributed by atoms with Gasteiger partial charge in [0.25, 0.3) is 0 Å². The normalized spacial score (nSPS) is 20.3. The fraction of sp³-hybridized carbons (Fsp3) is 0.538. The van der Waals surface area contributed by atoms with E-state index in [0.29, 0.717) is 0 Å². The van der Waals surface area contributed by atoms with Crippen LogP contribution in [0.4, 0.5) is 4.39 Å². The lowest BCUT2D eigenvalue weighted by atomic mass is 10.3. The van der Waals surface area contributed by atoms with Crippen molar-refractivity contribution in [1.29, 1.82) is 0 Å². The first-order valence-corrected chi connectivity index (χ1v) is 7.87. The van der Waals surface area contributed by atoms with Gasteiger partial charge in [0.1, 0.15) is 10.7 Å². The summed E-state index contributed by atoms with van der Waals surface area (Å²) in [5, 5.41) is 0. The SMILES string of the molecule is COc1cc(F)c(S(=O)(=O)N2CCO[C@H](C)C2)cc1OC. The van der Waals surface area contributed by atoms with Gasteiger partial charge in [-0.25, -0.2) is 12.8 Å². The van der Waals surface area contributed by atoms with Crippen molar-refractivity contribution in [2.75, 3.05) is 33.9 Å². The van der Waals surface area contributed by atoms with Gasteiger partial charge in [0.2, 0.25) is 10.0 Å². The van der Waals surface area contributed by atoms with E-state index in [0.717, 1.165) is 12.1 Å². The molecule has 6 nitrogen and oxygen atoms in total. The lowest BCUT2D eigenvalue weighted by Crippen LogP contribution is -2.44. The Morgan fingerprint density at radius 1 is 1.29 bits per heavy atom. The smallest absolute Gasteiger partial charge is 0.246 e. The summed E-state index contributed by atoms with van der Waals surface area (Å²) in [5.41, 5.74) is 0. The molecule has 0 bridgehead atoms. The van der Waals surface area contributed by atoms with E-state index in [2.05, 4.69) is 0 Å². The number of hydrogen-bond donors (Lipinski definition) is 0. The number of morpholine rings is 1. The van der Waals surface area contributed by atoms with Gasteiger partial charge in [-0.2, -0.15) is 4.31 Å². The number of nitrogens with zero attached hydrogens (tertiary/aromatic N) is 1. The van der Waals surface area contributed by atoms with Crippen LogP contribution in [0.5, 0.6) is 11.5 Å². The number of hydrogen-bond acceptors (Lipinski definition) is 5. The molecule has 1 heterocycles. The van der Waals surface area contributed by atoms with Crippen molar-refractivity contribution < 1.29 is 27.0 Å². The van der Waals surface area contributed by atoms with Gasteiger partial charge in [-0.15, -0.1) is 0 Å². The molecule has 8 heteroatoms. The van der Waals surface area contributed by atoms with Crippen LogP contribution in [0.25, 0.3) is 0 Å². The Bertz CT molecular complexity index is 619. The Hall–Kier alpha value is -1.38. The summed E-state index contributed by atoms with van der Waals surface area (Å²) in [6.07, 6.45) is -0.225. The molecular weight excluding hydrogens is 301 g/mol. The first kappa shape index (κ1) is 16.0. The zero-order valence-corrected chi connectivity index (χ0v) is 12.9. The van der Waals surface area contributed by atoms with Gasteiger partial charge >= 0.3 is 0 Å². The largest absolute Gasteiger partial charge is 0.493 e. The molecule has 1 atom stereocenters. The van der Waals surface area contributed by atoms with Crippen molar-refractivity contribution in [3.05, 3.63) is 17.9 Å². The average molecular weight is 319 g/mol. The number of ether oxygens (including phenoxy) is 3. The summed E-state index contributed by atoms with van der Waals surface area (Å²) in [6.45, 7) is 2.44. The topological polar surface area (TPSA) is 65.1 Å². The van der Waals surface area contributed by atoms with Crippen LogP contribution in [0, 0.1) is 5.82 Å². The van der Waals surface area contributed by atoms with Gasteiger partial charge < -0.3 is 14.2 Å². The maximum absolute atomic E-state index is 14.1. The molecule has 118 valence electrons. The maximum Gasteiger partial charge on any atom is 0.246 e. The fourth-order valence-electron chi connectivity index (χ4n) is 2.18. The Labute approximate surface area is 123 Å². The Morgan fingerprint density at radius 3 is 2.48 bits per heavy atom. The van der Waals surface area contributed by atoms with Crippen LogP contribution >= 0.6 is 0 Å². The second kappa shape index (κ2) is 6.17. The van der Waals surface area contributed by atoms with E-state index in [1.807, 2.05) is 0 Å². The minimum atomic E-state index is -3.94. The summed E-state index contributed by atoms with van der Waals surface area (Å²) < 4.78 is 55.7. The first-order chi connectivity index (χ1) is 9.90. The molecule has 1 aromatic rings. The predicted molar refractivity (Wildman–Crippen MR) is 73.7 cm³/mol. The minimum Gasteiger partial charge on any atom is -0.493 e. The molecular formula is C13H18FNO5S. The summed E-state index contributed by atoms with van der Waals surface area (Å²) in [6, 6.07) is 2.15. The second-order valence-electron chi connectivity index (χ2n) is 4.68. The average Bonchev–Trinajstić information content (AvgIpc) is 2.46. The van der Waals surface area contributed by atoms with E-state index in [1.54, 1.807) is 6.92 Å². The van der Waals surface area contributed by atoms with Crippen molar-refractivity contribution >= 4 is 10.0 Å². The molecule has 0 spiro atoms. The van der Waals surface area contributed by atoms with E-state index in [-0.39, 0.29) is 37.3 Å². The highest BCUT2D eigenvalue weighted by molar-refractivity contribution is 7.89. The van der Waals surface area contributed by atoms with E-state index in [1.165, 1.54) is 18.5 Å². The van der Waals surface area contributed by atoms with Gasteiger partial charge in [-0.1, -0.05) is 0 Å². The second-order valence-corrected chi connectivity index (χ2v) is 6.59. The van der Waals surface area contributed by atoms with Crippen molar-refractivity contribution in [2.24, 2.45) is 0 Å². The van der Waals surface area contributed by atoms with Gasteiger partial charge in [-0.3, -0.25) is 0 Å². The van der Waals surface area contributed by atoms with E-state index >= 15 is 0 Å². The molecule has 1 aliphatic heterocycles. The Balaban J connectivity index is 2.44. The van der Waals surface area contributed by atoms with Crippen LogP contribution in [-0.2, 0) is 14.8 Å². The molecule has 0 radical (unpaired) electrons. The molecule has 21 heavy (non-hydrogen) atoms. The van der Waals surface area contributed by atoms with E-state index < -0.39 is 20.7 Å². The number of methoxy groups -OCH3 is 2. The fourth-order valence-corrected chi connectivity index (χ4v) is 3.74. The third kappa shape index (κ3) is 3.12. The van der Waals surface area contributed by atoms with Crippen LogP contribution in [0.3, 0.4) is 0 Å². The van der Waals surface area contributed by atoms with Crippen molar-refractivity contribution in [1.82, 2.24) is 4.31 Å². The Kier molecular flexibility index (Phi) is 4.70. The summed E-state index contributed by atoms with van der Waals surface area (Å²) in [4.78, 5) is -0.422. The summed E-state index contributed by atoms with van der Waals surface area (Å²) >= 11 is 0. The Morgan fingerprint density at radius 2 is 1.90 bits per heavy atom. The van der Waals surface area contributed by atoms with E-state index in [9.17, 15) is 12.8 Å². The van der Waals surface area contributed by atoms with Crippen LogP contribution in [-0.4, -0.2) is 52.7 Å². The lowest BCUT2D eigenvalue weighted by molar-refractivity contribution is 0.0101. The van der Waals surface area contributed by atoms with Crippen LogP contribution < -0.4 is 9.47 Å². The molecule has 0 amide bonds. The first-order valence-electron chi connectivity index (χ1n) is 6.43. The van der Waals surface area contributed by atoms with Gasteiger partial charge in [0, 0.05) is 25.2 Å². The van der Waals surface area contributed by atoms with Gasteiger partial charge in [0.15, 0.2) is 11.5 Å². The number of halogens is 1. The highest BCUT2D eigenvalue weighted by atomic mass is 32.2. The van der Waals surface area contributed by atoms with Crippen molar-refractivity contribution in [3.8, 4) is 11.5 Å². The zero-order valence-electron chi connectivity index (χ0n) is 12.1. The van der Waals surface area contributed by atoms with E-state index in [4.69, 9.17) is 14.2 Å². The van der Waals surface area contributed by atoms with Crippen molar-refractivity contribution in [3.63, 3.8) is 0 Å². The standard InChI is InChI=1S/C13H18FNO5S/c1-9-8-15(4-5-20-9)21(16,17)13-7-12(19-3)11(18-2)6-10(13)14/h6-7,9H,4-5,8H2,1-3H3/t9-/m1/s1. The molecule has 0 N–H and O–H groups in total. The summed E-state index contributed by atoms with van der Waals surface area (Å²) in [7, 11) is -1.22. The molecule has 1 aromatic carbocycles. The zero-order chi connectivity index (χ0) is 15.6. The van der Waals surface area contributed by atoms with Crippen LogP contribution in [0.15, 0.2) is 17.0 Å². The molecule has 1 aliphatic rings. The quantitative estimate of drug-likeness (QED) is 0.836. The number of benzene rings is 1. The van der Waals surface area contributed by atoms with Gasteiger partial charge in [-0.05, 0) is 6.92 Å². The molecule has 0 aliphatic carbocycles. The summed E-state index contributed by atoms with van der Waals surface area (Å²) in [5.74, 6) is -0.560. The number of rotatable bonds is 4. The molecule has 1 saturated heterocycles. The third-order valence-corrected chi connectivity index (χ3v) is 5.14. The van der Waals surface area contributed by atoms with Crippen molar-refractivity contribution in [2.45, 2.75) is 17.9 Å². The van der Waals surface area contributed by atoms with Crippen LogP contribution in [0.2, 0.25) is 0 Å². The number of sulfonamides is 1. The maximum atomic E-state index is 14.1. The molecule has 1 fully saturated rings. The van der Waals surface area contributed by atoms with Crippen LogP contribution in [0.1, 0.15) is 6.92 Å². The molecule has 0 saturated carbocycles. The monoisotopic (exact) mass is 319 g/mol. The lowest BCUT2D eigenvalue weighted by Gasteiger charge is -2.30. The minimum absolute atomic E-state index is 0.143. The highest BCUT2D eigenvalue weighted by Crippen LogP contribution is 2.33. The van der Waals surface area contributed by atoms with Gasteiger partial charge in [0.05, 0.1) is 26.9 Å². The molecule has 0 aromatic heterocycles. The molecule has 2 rings (SSSR count). The molecule has 0 unspecified atom stereocenters. The predicted octanol–water partition coefficient (Wildman–Crippen LogP) is 1.25.